The molecule has 0 aliphatic rings. The molecule has 1 unspecified atom stereocenters. The summed E-state index contributed by atoms with van der Waals surface area (Å²) in [6.45, 7) is 6.32. The number of aryl methyl sites for hydroxylation is 3. The van der Waals surface area contributed by atoms with E-state index in [1.807, 2.05) is 38.1 Å². The molecule has 0 saturated heterocycles. The maximum Gasteiger partial charge on any atom is 0.261 e. The van der Waals surface area contributed by atoms with Crippen molar-refractivity contribution in [3.63, 3.8) is 0 Å². The number of fused-ring (bicyclic) bond motifs is 1. The molecule has 5 heteroatoms. The summed E-state index contributed by atoms with van der Waals surface area (Å²) in [5.41, 5.74) is 3.92. The number of hydrogen-bond donors (Lipinski definition) is 1. The molecule has 2 aromatic carbocycles. The Bertz CT molecular complexity index is 1010. The van der Waals surface area contributed by atoms with Crippen LogP contribution in [0.5, 0.6) is 0 Å². The summed E-state index contributed by atoms with van der Waals surface area (Å²) in [6.07, 6.45) is 2.75. The Morgan fingerprint density at radius 2 is 1.93 bits per heavy atom. The second kappa shape index (κ2) is 8.16. The van der Waals surface area contributed by atoms with Crippen LogP contribution in [0.4, 0.5) is 0 Å². The maximum atomic E-state index is 12.6. The van der Waals surface area contributed by atoms with Gasteiger partial charge in [0.05, 0.1) is 23.3 Å². The minimum atomic E-state index is -0.111. The SMILES string of the molecule is CCc1ccc(C(C)NC(=O)CCn2cnc3c(C)cccc3c2=O)cc1. The lowest BCUT2D eigenvalue weighted by atomic mass is 10.0. The van der Waals surface area contributed by atoms with E-state index in [4.69, 9.17) is 0 Å². The highest BCUT2D eigenvalue weighted by Crippen LogP contribution is 2.14. The molecule has 5 nitrogen and oxygen atoms in total. The topological polar surface area (TPSA) is 64.0 Å². The highest BCUT2D eigenvalue weighted by Gasteiger charge is 2.11. The quantitative estimate of drug-likeness (QED) is 0.729. The maximum absolute atomic E-state index is 12.6. The number of nitrogens with zero attached hydrogens (tertiary/aromatic N) is 2. The molecular formula is C22H25N3O2. The van der Waals surface area contributed by atoms with Gasteiger partial charge in [-0.1, -0.05) is 43.3 Å². The van der Waals surface area contributed by atoms with Crippen LogP contribution < -0.4 is 10.9 Å². The van der Waals surface area contributed by atoms with Crippen LogP contribution in [-0.4, -0.2) is 15.5 Å². The van der Waals surface area contributed by atoms with E-state index in [0.717, 1.165) is 17.5 Å². The number of para-hydroxylation sites is 1. The first-order valence-corrected chi connectivity index (χ1v) is 9.32. The smallest absolute Gasteiger partial charge is 0.261 e. The van der Waals surface area contributed by atoms with E-state index in [1.54, 1.807) is 6.07 Å². The van der Waals surface area contributed by atoms with Gasteiger partial charge < -0.3 is 5.32 Å². The largest absolute Gasteiger partial charge is 0.350 e. The van der Waals surface area contributed by atoms with Gasteiger partial charge in [0.2, 0.25) is 5.91 Å². The zero-order valence-corrected chi connectivity index (χ0v) is 16.0. The first-order valence-electron chi connectivity index (χ1n) is 9.32. The number of amides is 1. The van der Waals surface area contributed by atoms with Gasteiger partial charge in [0.15, 0.2) is 0 Å². The molecule has 1 N–H and O–H groups in total. The Morgan fingerprint density at radius 3 is 2.63 bits per heavy atom. The number of nitrogens with one attached hydrogen (secondary N) is 1. The van der Waals surface area contributed by atoms with E-state index >= 15 is 0 Å². The monoisotopic (exact) mass is 363 g/mol. The molecule has 1 aromatic heterocycles. The summed E-state index contributed by atoms with van der Waals surface area (Å²) < 4.78 is 1.50. The summed E-state index contributed by atoms with van der Waals surface area (Å²) in [6, 6.07) is 13.7. The van der Waals surface area contributed by atoms with E-state index in [9.17, 15) is 9.59 Å². The van der Waals surface area contributed by atoms with Crippen LogP contribution in [0.3, 0.4) is 0 Å². The highest BCUT2D eigenvalue weighted by molar-refractivity contribution is 5.80. The Hall–Kier alpha value is -2.95. The average Bonchev–Trinajstić information content (AvgIpc) is 2.68. The van der Waals surface area contributed by atoms with E-state index in [2.05, 4.69) is 29.4 Å². The second-order valence-electron chi connectivity index (χ2n) is 6.85. The van der Waals surface area contributed by atoms with Gasteiger partial charge in [-0.15, -0.1) is 0 Å². The van der Waals surface area contributed by atoms with E-state index in [1.165, 1.54) is 16.5 Å². The van der Waals surface area contributed by atoms with Gasteiger partial charge in [0.1, 0.15) is 0 Å². The van der Waals surface area contributed by atoms with Crippen molar-refractivity contribution < 1.29 is 4.79 Å². The van der Waals surface area contributed by atoms with Gasteiger partial charge in [-0.05, 0) is 43.0 Å². The molecule has 1 heterocycles. The first kappa shape index (κ1) is 18.8. The lowest BCUT2D eigenvalue weighted by Crippen LogP contribution is -2.29. The molecule has 0 aliphatic carbocycles. The standard InChI is InChI=1S/C22H25N3O2/c1-4-17-8-10-18(11-9-17)16(3)24-20(26)12-13-25-14-23-21-15(2)6-5-7-19(21)22(25)27/h5-11,14,16H,4,12-13H2,1-3H3,(H,24,26). The van der Waals surface area contributed by atoms with Gasteiger partial charge in [0.25, 0.3) is 5.56 Å². The molecule has 1 amide bonds. The van der Waals surface area contributed by atoms with E-state index in [0.29, 0.717) is 17.4 Å². The Labute approximate surface area is 159 Å². The number of hydrogen-bond acceptors (Lipinski definition) is 3. The summed E-state index contributed by atoms with van der Waals surface area (Å²) in [5, 5.41) is 3.58. The molecule has 140 valence electrons. The minimum Gasteiger partial charge on any atom is -0.350 e. The van der Waals surface area contributed by atoms with Gasteiger partial charge >= 0.3 is 0 Å². The van der Waals surface area contributed by atoms with Crippen LogP contribution >= 0.6 is 0 Å². The molecule has 0 fully saturated rings. The molecule has 3 rings (SSSR count). The number of carbonyl (C=O) groups excluding carboxylic acids is 1. The van der Waals surface area contributed by atoms with Gasteiger partial charge in [-0.25, -0.2) is 4.98 Å². The van der Waals surface area contributed by atoms with Gasteiger partial charge in [0, 0.05) is 13.0 Å². The minimum absolute atomic E-state index is 0.0718. The molecule has 3 aromatic rings. The van der Waals surface area contributed by atoms with Crippen LogP contribution in [0.2, 0.25) is 0 Å². The summed E-state index contributed by atoms with van der Waals surface area (Å²) >= 11 is 0. The highest BCUT2D eigenvalue weighted by atomic mass is 16.2. The van der Waals surface area contributed by atoms with Crippen molar-refractivity contribution in [2.45, 2.75) is 46.2 Å². The third kappa shape index (κ3) is 4.25. The molecule has 0 saturated carbocycles. The number of benzene rings is 2. The number of rotatable bonds is 6. The van der Waals surface area contributed by atoms with Crippen LogP contribution in [-0.2, 0) is 17.8 Å². The van der Waals surface area contributed by atoms with Crippen molar-refractivity contribution in [3.05, 3.63) is 75.8 Å². The zero-order valence-electron chi connectivity index (χ0n) is 16.0. The fraction of sp³-hybridized carbons (Fsp3) is 0.318. The average molecular weight is 363 g/mol. The van der Waals surface area contributed by atoms with Crippen molar-refractivity contribution in [1.29, 1.82) is 0 Å². The first-order chi connectivity index (χ1) is 13.0. The van der Waals surface area contributed by atoms with Crippen LogP contribution in [0.1, 0.15) is 43.0 Å². The van der Waals surface area contributed by atoms with Crippen LogP contribution in [0.25, 0.3) is 10.9 Å². The van der Waals surface area contributed by atoms with Crippen molar-refractivity contribution in [2.24, 2.45) is 0 Å². The molecule has 1 atom stereocenters. The summed E-state index contributed by atoms with van der Waals surface area (Å²) in [4.78, 5) is 29.3. The normalized spacial score (nSPS) is 12.1. The molecule has 0 radical (unpaired) electrons. The Kier molecular flexibility index (Phi) is 5.69. The van der Waals surface area contributed by atoms with Crippen molar-refractivity contribution in [1.82, 2.24) is 14.9 Å². The van der Waals surface area contributed by atoms with Gasteiger partial charge in [-0.2, -0.15) is 0 Å². The zero-order chi connectivity index (χ0) is 19.4. The molecular weight excluding hydrogens is 338 g/mol. The number of aromatic nitrogens is 2. The van der Waals surface area contributed by atoms with Crippen molar-refractivity contribution in [3.8, 4) is 0 Å². The molecule has 0 aliphatic heterocycles. The van der Waals surface area contributed by atoms with E-state index in [-0.39, 0.29) is 23.9 Å². The Morgan fingerprint density at radius 1 is 1.19 bits per heavy atom. The van der Waals surface area contributed by atoms with Crippen LogP contribution in [0.15, 0.2) is 53.6 Å². The fourth-order valence-corrected chi connectivity index (χ4v) is 3.16. The molecule has 27 heavy (non-hydrogen) atoms. The molecule has 0 bridgehead atoms. The molecule has 0 spiro atoms. The van der Waals surface area contributed by atoms with E-state index < -0.39 is 0 Å². The predicted octanol–water partition coefficient (Wildman–Crippen LogP) is 3.53. The lowest BCUT2D eigenvalue weighted by molar-refractivity contribution is -0.121. The lowest BCUT2D eigenvalue weighted by Gasteiger charge is -2.15. The Balaban J connectivity index is 1.64. The fourth-order valence-electron chi connectivity index (χ4n) is 3.16. The summed E-state index contributed by atoms with van der Waals surface area (Å²) in [7, 11) is 0. The van der Waals surface area contributed by atoms with Crippen molar-refractivity contribution in [2.75, 3.05) is 0 Å². The predicted molar refractivity (Wildman–Crippen MR) is 108 cm³/mol. The third-order valence-corrected chi connectivity index (χ3v) is 4.90. The van der Waals surface area contributed by atoms with Crippen molar-refractivity contribution >= 4 is 16.8 Å². The number of carbonyl (C=O) groups is 1. The third-order valence-electron chi connectivity index (χ3n) is 4.90. The van der Waals surface area contributed by atoms with Gasteiger partial charge in [-0.3, -0.25) is 14.2 Å². The summed E-state index contributed by atoms with van der Waals surface area (Å²) in [5.74, 6) is -0.0849. The van der Waals surface area contributed by atoms with Crippen LogP contribution in [0, 0.1) is 6.92 Å². The second-order valence-corrected chi connectivity index (χ2v) is 6.85.